The predicted octanol–water partition coefficient (Wildman–Crippen LogP) is 2.79. The molecule has 0 saturated heterocycles. The topological polar surface area (TPSA) is 59.4 Å². The number of halogens is 1. The van der Waals surface area contributed by atoms with E-state index in [0.717, 1.165) is 0 Å². The Bertz CT molecular complexity index is 779. The van der Waals surface area contributed by atoms with Crippen molar-refractivity contribution in [2.24, 2.45) is 0 Å². The second kappa shape index (κ2) is 7.93. The average molecular weight is 347 g/mol. The molecule has 0 aliphatic carbocycles. The van der Waals surface area contributed by atoms with Gasteiger partial charge in [0.2, 0.25) is 0 Å². The predicted molar refractivity (Wildman–Crippen MR) is 93.4 cm³/mol. The van der Waals surface area contributed by atoms with Gasteiger partial charge in [0.1, 0.15) is 0 Å². The van der Waals surface area contributed by atoms with E-state index < -0.39 is 23.3 Å². The van der Waals surface area contributed by atoms with Gasteiger partial charge in [0.25, 0.3) is 11.5 Å². The summed E-state index contributed by atoms with van der Waals surface area (Å²) in [7, 11) is 0. The van der Waals surface area contributed by atoms with Crippen molar-refractivity contribution in [3.05, 3.63) is 69.6 Å². The number of amides is 1. The molecule has 1 atom stereocenters. The van der Waals surface area contributed by atoms with E-state index in [2.05, 4.69) is 0 Å². The molecule has 1 heterocycles. The Hall–Kier alpha value is -2.40. The Balaban J connectivity index is 2.52. The van der Waals surface area contributed by atoms with E-state index >= 15 is 0 Å². The molecule has 1 amide bonds. The molecule has 0 N–H and O–H groups in total. The molecule has 0 aliphatic heterocycles. The number of likely N-dealkylation sites (N-methyl/N-ethyl adjacent to an activating group) is 1. The van der Waals surface area contributed by atoms with Crippen LogP contribution >= 0.6 is 11.6 Å². The molecule has 0 saturated carbocycles. The summed E-state index contributed by atoms with van der Waals surface area (Å²) in [6, 6.07) is 9.59. The van der Waals surface area contributed by atoms with Crippen molar-refractivity contribution in [2.45, 2.75) is 19.9 Å². The molecule has 6 heteroatoms. The van der Waals surface area contributed by atoms with Gasteiger partial charge < -0.3 is 4.90 Å². The molecule has 126 valence electrons. The smallest absolute Gasteiger partial charge is 0.253 e. The third-order valence-electron chi connectivity index (χ3n) is 3.82. The van der Waals surface area contributed by atoms with Gasteiger partial charge in [-0.1, -0.05) is 17.7 Å². The zero-order valence-electron chi connectivity index (χ0n) is 13.6. The van der Waals surface area contributed by atoms with E-state index in [4.69, 9.17) is 11.6 Å². The number of benzene rings is 1. The van der Waals surface area contributed by atoms with Crippen molar-refractivity contribution >= 4 is 23.3 Å². The number of carbonyl (C=O) groups excluding carboxylic acids is 2. The number of nitrogens with zero attached hydrogens (tertiary/aromatic N) is 2. The summed E-state index contributed by atoms with van der Waals surface area (Å²) in [5, 5.41) is 0.495. The number of hydrogen-bond donors (Lipinski definition) is 0. The summed E-state index contributed by atoms with van der Waals surface area (Å²) in [4.78, 5) is 39.5. The zero-order valence-corrected chi connectivity index (χ0v) is 14.4. The Labute approximate surface area is 145 Å². The molecule has 1 aromatic carbocycles. The van der Waals surface area contributed by atoms with E-state index in [1.807, 2.05) is 13.8 Å². The maximum Gasteiger partial charge on any atom is 0.253 e. The van der Waals surface area contributed by atoms with E-state index in [9.17, 15) is 14.4 Å². The first kappa shape index (κ1) is 17.9. The fourth-order valence-corrected chi connectivity index (χ4v) is 2.62. The van der Waals surface area contributed by atoms with Gasteiger partial charge in [-0.15, -0.1) is 0 Å². The van der Waals surface area contributed by atoms with Crippen LogP contribution in [0.1, 0.15) is 30.2 Å². The van der Waals surface area contributed by atoms with Crippen molar-refractivity contribution in [2.75, 3.05) is 13.1 Å². The number of rotatable bonds is 6. The Kier molecular flexibility index (Phi) is 5.93. The lowest BCUT2D eigenvalue weighted by Gasteiger charge is -2.25. The molecule has 0 unspecified atom stereocenters. The van der Waals surface area contributed by atoms with Gasteiger partial charge in [-0.3, -0.25) is 19.0 Å². The lowest BCUT2D eigenvalue weighted by atomic mass is 10.0. The van der Waals surface area contributed by atoms with E-state index in [1.165, 1.54) is 21.7 Å². The molecule has 0 aliphatic rings. The Morgan fingerprint density at radius 3 is 2.25 bits per heavy atom. The van der Waals surface area contributed by atoms with E-state index in [0.29, 0.717) is 23.7 Å². The quantitative estimate of drug-likeness (QED) is 0.597. The molecule has 0 fully saturated rings. The summed E-state index contributed by atoms with van der Waals surface area (Å²) in [6.07, 6.45) is 1.46. The second-order valence-corrected chi connectivity index (χ2v) is 5.67. The highest BCUT2D eigenvalue weighted by atomic mass is 35.5. The van der Waals surface area contributed by atoms with Gasteiger partial charge in [-0.25, -0.2) is 0 Å². The molecule has 2 aromatic rings. The van der Waals surface area contributed by atoms with Gasteiger partial charge >= 0.3 is 0 Å². The largest absolute Gasteiger partial charge is 0.341 e. The van der Waals surface area contributed by atoms with Crippen molar-refractivity contribution in [1.82, 2.24) is 9.47 Å². The van der Waals surface area contributed by atoms with Crippen molar-refractivity contribution in [3.8, 4) is 0 Å². The molecule has 5 nitrogen and oxygen atoms in total. The van der Waals surface area contributed by atoms with Crippen molar-refractivity contribution in [1.29, 1.82) is 0 Å². The average Bonchev–Trinajstić information content (AvgIpc) is 2.58. The highest BCUT2D eigenvalue weighted by Gasteiger charge is 2.32. The summed E-state index contributed by atoms with van der Waals surface area (Å²) >= 11 is 5.85. The molecule has 1 aromatic heterocycles. The van der Waals surface area contributed by atoms with Crippen LogP contribution in [0.2, 0.25) is 5.02 Å². The van der Waals surface area contributed by atoms with Gasteiger partial charge in [-0.05, 0) is 44.2 Å². The molecule has 0 radical (unpaired) electrons. The van der Waals surface area contributed by atoms with Crippen LogP contribution in [0, 0.1) is 0 Å². The van der Waals surface area contributed by atoms with Crippen LogP contribution in [-0.2, 0) is 4.79 Å². The standard InChI is InChI=1S/C18H19ClN2O3/c1-3-20(4-2)18(24)16(21-12-6-5-7-15(21)22)17(23)13-8-10-14(19)11-9-13/h5-12,16H,3-4H2,1-2H3/t16-/m1/s1. The fourth-order valence-electron chi connectivity index (χ4n) is 2.49. The van der Waals surface area contributed by atoms with Crippen molar-refractivity contribution in [3.63, 3.8) is 0 Å². The van der Waals surface area contributed by atoms with Crippen LogP contribution < -0.4 is 5.56 Å². The maximum absolute atomic E-state index is 12.9. The second-order valence-electron chi connectivity index (χ2n) is 5.23. The molecular weight excluding hydrogens is 328 g/mol. The monoisotopic (exact) mass is 346 g/mol. The first-order valence-electron chi connectivity index (χ1n) is 7.75. The highest BCUT2D eigenvalue weighted by molar-refractivity contribution is 6.30. The summed E-state index contributed by atoms with van der Waals surface area (Å²) in [5.74, 6) is -0.829. The third-order valence-corrected chi connectivity index (χ3v) is 4.07. The zero-order chi connectivity index (χ0) is 17.7. The number of pyridine rings is 1. The Morgan fingerprint density at radius 1 is 1.08 bits per heavy atom. The molecule has 2 rings (SSSR count). The van der Waals surface area contributed by atoms with Crippen LogP contribution in [0.25, 0.3) is 0 Å². The van der Waals surface area contributed by atoms with Crippen LogP contribution in [0.15, 0.2) is 53.5 Å². The summed E-state index contributed by atoms with van der Waals surface area (Å²) < 4.78 is 1.18. The lowest BCUT2D eigenvalue weighted by molar-refractivity contribution is -0.133. The third kappa shape index (κ3) is 3.74. The molecule has 0 spiro atoms. The van der Waals surface area contributed by atoms with E-state index in [1.54, 1.807) is 36.4 Å². The number of hydrogen-bond acceptors (Lipinski definition) is 3. The number of ketones is 1. The lowest BCUT2D eigenvalue weighted by Crippen LogP contribution is -2.43. The number of aromatic nitrogens is 1. The van der Waals surface area contributed by atoms with Gasteiger partial charge in [0.15, 0.2) is 11.8 Å². The normalized spacial score (nSPS) is 11.8. The molecule has 24 heavy (non-hydrogen) atoms. The van der Waals surface area contributed by atoms with Crippen LogP contribution in [0.4, 0.5) is 0 Å². The van der Waals surface area contributed by atoms with Crippen LogP contribution in [0.5, 0.6) is 0 Å². The van der Waals surface area contributed by atoms with Crippen LogP contribution in [0.3, 0.4) is 0 Å². The van der Waals surface area contributed by atoms with Gasteiger partial charge in [0, 0.05) is 35.9 Å². The first-order valence-corrected chi connectivity index (χ1v) is 8.13. The number of carbonyl (C=O) groups is 2. The van der Waals surface area contributed by atoms with E-state index in [-0.39, 0.29) is 0 Å². The highest BCUT2D eigenvalue weighted by Crippen LogP contribution is 2.18. The minimum absolute atomic E-state index is 0.334. The summed E-state index contributed by atoms with van der Waals surface area (Å²) in [5.41, 5.74) is -0.0639. The summed E-state index contributed by atoms with van der Waals surface area (Å²) in [6.45, 7) is 4.58. The van der Waals surface area contributed by atoms with Crippen LogP contribution in [-0.4, -0.2) is 34.2 Å². The van der Waals surface area contributed by atoms with Crippen molar-refractivity contribution < 1.29 is 9.59 Å². The molecular formula is C18H19ClN2O3. The molecule has 0 bridgehead atoms. The minimum atomic E-state index is -1.22. The van der Waals surface area contributed by atoms with Gasteiger partial charge in [-0.2, -0.15) is 0 Å². The number of Topliss-reactive ketones (excluding diaryl/α,β-unsaturated/α-hetero) is 1. The first-order chi connectivity index (χ1) is 11.5. The minimum Gasteiger partial charge on any atom is -0.341 e. The maximum atomic E-state index is 12.9. The SMILES string of the molecule is CCN(CC)C(=O)[C@@H](C(=O)c1ccc(Cl)cc1)n1ccccc1=O. The fraction of sp³-hybridized carbons (Fsp3) is 0.278. The van der Waals surface area contributed by atoms with Gasteiger partial charge in [0.05, 0.1) is 0 Å². The Morgan fingerprint density at radius 2 is 1.71 bits per heavy atom.